The Balaban J connectivity index is 1.86. The number of amides is 1. The topological polar surface area (TPSA) is 41.6 Å². The van der Waals surface area contributed by atoms with Crippen molar-refractivity contribution in [2.45, 2.75) is 32.5 Å². The molecule has 1 atom stereocenters. The van der Waals surface area contributed by atoms with Gasteiger partial charge >= 0.3 is 6.09 Å². The highest BCUT2D eigenvalue weighted by Crippen LogP contribution is 2.38. The first-order valence-electron chi connectivity index (χ1n) is 5.65. The standard InChI is InChI=1S/C11H19FN2O2/c1-10(2,3)16-9(15)14-6-11(7-14)5-13-4-8(11)12/h8,13H,4-7H2,1-3H3. The van der Waals surface area contributed by atoms with Crippen LogP contribution in [0.3, 0.4) is 0 Å². The minimum absolute atomic E-state index is 0.336. The fourth-order valence-corrected chi connectivity index (χ4v) is 2.25. The van der Waals surface area contributed by atoms with E-state index in [9.17, 15) is 9.18 Å². The predicted octanol–water partition coefficient (Wildman–Crippen LogP) is 1.16. The minimum atomic E-state index is -0.841. The fraction of sp³-hybridized carbons (Fsp3) is 0.909. The van der Waals surface area contributed by atoms with Gasteiger partial charge in [-0.2, -0.15) is 0 Å². The molecule has 1 unspecified atom stereocenters. The van der Waals surface area contributed by atoms with Crippen molar-refractivity contribution in [3.05, 3.63) is 0 Å². The Morgan fingerprint density at radius 3 is 2.56 bits per heavy atom. The van der Waals surface area contributed by atoms with Crippen molar-refractivity contribution in [2.24, 2.45) is 5.41 Å². The quantitative estimate of drug-likeness (QED) is 0.679. The Kier molecular flexibility index (Phi) is 2.61. The number of nitrogens with zero attached hydrogens (tertiary/aromatic N) is 1. The number of alkyl halides is 1. The van der Waals surface area contributed by atoms with Crippen molar-refractivity contribution in [2.75, 3.05) is 26.2 Å². The number of carbonyl (C=O) groups is 1. The van der Waals surface area contributed by atoms with Crippen molar-refractivity contribution in [1.29, 1.82) is 0 Å². The maximum absolute atomic E-state index is 13.6. The molecule has 1 N–H and O–H groups in total. The van der Waals surface area contributed by atoms with E-state index >= 15 is 0 Å². The van der Waals surface area contributed by atoms with Crippen LogP contribution in [0, 0.1) is 5.41 Å². The van der Waals surface area contributed by atoms with Crippen LogP contribution >= 0.6 is 0 Å². The fourth-order valence-electron chi connectivity index (χ4n) is 2.25. The molecule has 4 nitrogen and oxygen atoms in total. The number of hydrogen-bond acceptors (Lipinski definition) is 3. The molecule has 2 heterocycles. The largest absolute Gasteiger partial charge is 0.444 e. The predicted molar refractivity (Wildman–Crippen MR) is 58.0 cm³/mol. The van der Waals surface area contributed by atoms with Gasteiger partial charge in [0.25, 0.3) is 0 Å². The lowest BCUT2D eigenvalue weighted by molar-refractivity contribution is -0.0488. The van der Waals surface area contributed by atoms with Gasteiger partial charge in [0, 0.05) is 26.2 Å². The highest BCUT2D eigenvalue weighted by Gasteiger charge is 2.54. The van der Waals surface area contributed by atoms with Gasteiger partial charge in [-0.25, -0.2) is 9.18 Å². The smallest absolute Gasteiger partial charge is 0.410 e. The lowest BCUT2D eigenvalue weighted by Crippen LogP contribution is -2.63. The summed E-state index contributed by atoms with van der Waals surface area (Å²) in [4.78, 5) is 13.2. The summed E-state index contributed by atoms with van der Waals surface area (Å²) >= 11 is 0. The third-order valence-electron chi connectivity index (χ3n) is 3.13. The van der Waals surface area contributed by atoms with E-state index < -0.39 is 11.8 Å². The molecule has 2 aliphatic heterocycles. The molecule has 1 amide bonds. The second-order valence-electron chi connectivity index (χ2n) is 5.80. The van der Waals surface area contributed by atoms with Gasteiger partial charge in [0.1, 0.15) is 11.8 Å². The van der Waals surface area contributed by atoms with E-state index in [1.807, 2.05) is 20.8 Å². The van der Waals surface area contributed by atoms with Crippen LogP contribution in [0.5, 0.6) is 0 Å². The highest BCUT2D eigenvalue weighted by molar-refractivity contribution is 5.69. The summed E-state index contributed by atoms with van der Waals surface area (Å²) in [7, 11) is 0. The van der Waals surface area contributed by atoms with Gasteiger partial charge in [0.05, 0.1) is 5.41 Å². The second-order valence-corrected chi connectivity index (χ2v) is 5.80. The van der Waals surface area contributed by atoms with Crippen LogP contribution in [-0.4, -0.2) is 48.9 Å². The number of ether oxygens (including phenoxy) is 1. The molecule has 0 bridgehead atoms. The summed E-state index contributed by atoms with van der Waals surface area (Å²) in [5.74, 6) is 0. The Hall–Kier alpha value is -0.840. The van der Waals surface area contributed by atoms with E-state index in [0.29, 0.717) is 26.2 Å². The van der Waals surface area contributed by atoms with Gasteiger partial charge < -0.3 is 15.0 Å². The second kappa shape index (κ2) is 3.58. The van der Waals surface area contributed by atoms with E-state index in [-0.39, 0.29) is 11.5 Å². The monoisotopic (exact) mass is 230 g/mol. The molecule has 0 aromatic rings. The molecule has 0 saturated carbocycles. The molecule has 1 spiro atoms. The zero-order valence-electron chi connectivity index (χ0n) is 10.0. The summed E-state index contributed by atoms with van der Waals surface area (Å²) in [6, 6.07) is 0. The van der Waals surface area contributed by atoms with Crippen molar-refractivity contribution in [3.8, 4) is 0 Å². The van der Waals surface area contributed by atoms with Gasteiger partial charge in [-0.1, -0.05) is 0 Å². The molecule has 16 heavy (non-hydrogen) atoms. The van der Waals surface area contributed by atoms with Gasteiger partial charge in [-0.15, -0.1) is 0 Å². The summed E-state index contributed by atoms with van der Waals surface area (Å²) in [5, 5.41) is 3.02. The lowest BCUT2D eigenvalue weighted by Gasteiger charge is -2.48. The summed E-state index contributed by atoms with van der Waals surface area (Å²) < 4.78 is 18.8. The van der Waals surface area contributed by atoms with E-state index in [4.69, 9.17) is 4.74 Å². The summed E-state index contributed by atoms with van der Waals surface area (Å²) in [6.45, 7) is 7.49. The highest BCUT2D eigenvalue weighted by atomic mass is 19.1. The maximum Gasteiger partial charge on any atom is 0.410 e. The van der Waals surface area contributed by atoms with Gasteiger partial charge in [0.15, 0.2) is 0 Å². The number of carbonyl (C=O) groups excluding carboxylic acids is 1. The van der Waals surface area contributed by atoms with E-state index in [1.54, 1.807) is 4.90 Å². The van der Waals surface area contributed by atoms with E-state index in [0.717, 1.165) is 0 Å². The molecule has 92 valence electrons. The van der Waals surface area contributed by atoms with E-state index in [2.05, 4.69) is 5.32 Å². The van der Waals surface area contributed by atoms with E-state index in [1.165, 1.54) is 0 Å². The lowest BCUT2D eigenvalue weighted by atomic mass is 9.78. The zero-order chi connectivity index (χ0) is 12.0. The summed E-state index contributed by atoms with van der Waals surface area (Å²) in [6.07, 6.45) is -1.18. The first-order valence-corrected chi connectivity index (χ1v) is 5.65. The molecule has 2 fully saturated rings. The van der Waals surface area contributed by atoms with Gasteiger partial charge in [-0.05, 0) is 20.8 Å². The van der Waals surface area contributed by atoms with Crippen molar-refractivity contribution >= 4 is 6.09 Å². The SMILES string of the molecule is CC(C)(C)OC(=O)N1CC2(CNCC2F)C1. The first kappa shape index (κ1) is 11.6. The number of halogens is 1. The Morgan fingerprint density at radius 1 is 1.50 bits per heavy atom. The number of hydrogen-bond donors (Lipinski definition) is 1. The normalized spacial score (nSPS) is 28.0. The first-order chi connectivity index (χ1) is 7.32. The molecular formula is C11H19FN2O2. The van der Waals surface area contributed by atoms with Crippen molar-refractivity contribution in [3.63, 3.8) is 0 Å². The van der Waals surface area contributed by atoms with Crippen LogP contribution in [0.15, 0.2) is 0 Å². The molecule has 5 heteroatoms. The van der Waals surface area contributed by atoms with Crippen LogP contribution in [0.4, 0.5) is 9.18 Å². The number of rotatable bonds is 0. The summed E-state index contributed by atoms with van der Waals surface area (Å²) in [5.41, 5.74) is -0.834. The molecule has 0 aliphatic carbocycles. The van der Waals surface area contributed by atoms with Crippen LogP contribution in [0.25, 0.3) is 0 Å². The molecule has 0 radical (unpaired) electrons. The average molecular weight is 230 g/mol. The molecular weight excluding hydrogens is 211 g/mol. The van der Waals surface area contributed by atoms with Gasteiger partial charge in [0.2, 0.25) is 0 Å². The zero-order valence-corrected chi connectivity index (χ0v) is 10.0. The minimum Gasteiger partial charge on any atom is -0.444 e. The molecule has 0 aromatic carbocycles. The third kappa shape index (κ3) is 2.00. The number of nitrogens with one attached hydrogen (secondary N) is 1. The molecule has 2 saturated heterocycles. The molecule has 2 aliphatic rings. The Labute approximate surface area is 95.1 Å². The number of likely N-dealkylation sites (tertiary alicyclic amines) is 1. The van der Waals surface area contributed by atoms with Crippen LogP contribution in [-0.2, 0) is 4.74 Å². The van der Waals surface area contributed by atoms with Gasteiger partial charge in [-0.3, -0.25) is 0 Å². The third-order valence-corrected chi connectivity index (χ3v) is 3.13. The average Bonchev–Trinajstić information content (AvgIpc) is 2.40. The maximum atomic E-state index is 13.6. The van der Waals surface area contributed by atoms with Crippen LogP contribution in [0.1, 0.15) is 20.8 Å². The van der Waals surface area contributed by atoms with Crippen molar-refractivity contribution in [1.82, 2.24) is 10.2 Å². The van der Waals surface area contributed by atoms with Crippen molar-refractivity contribution < 1.29 is 13.9 Å². The van der Waals surface area contributed by atoms with Crippen LogP contribution in [0.2, 0.25) is 0 Å². The Morgan fingerprint density at radius 2 is 2.12 bits per heavy atom. The molecule has 2 rings (SSSR count). The molecule has 0 aromatic heterocycles. The Bertz CT molecular complexity index is 295. The van der Waals surface area contributed by atoms with Crippen LogP contribution < -0.4 is 5.32 Å².